The van der Waals surface area contributed by atoms with E-state index in [2.05, 4.69) is 5.32 Å². The van der Waals surface area contributed by atoms with Crippen LogP contribution in [0.4, 0.5) is 4.39 Å². The van der Waals surface area contributed by atoms with Crippen LogP contribution in [0.3, 0.4) is 0 Å². The summed E-state index contributed by atoms with van der Waals surface area (Å²) in [5.74, 6) is -0.249. The molecule has 0 aliphatic carbocycles. The summed E-state index contributed by atoms with van der Waals surface area (Å²) in [6.45, 7) is 2.35. The monoisotopic (exact) mass is 273 g/mol. The van der Waals surface area contributed by atoms with Crippen molar-refractivity contribution in [3.05, 3.63) is 34.6 Å². The Balaban J connectivity index is 1.89. The third kappa shape index (κ3) is 3.20. The van der Waals surface area contributed by atoms with Gasteiger partial charge in [-0.05, 0) is 18.2 Å². The van der Waals surface area contributed by atoms with Crippen molar-refractivity contribution in [2.24, 2.45) is 0 Å². The molecule has 0 spiro atoms. The molecule has 1 heterocycles. The molecular formula is C13H17ClFNO2. The van der Waals surface area contributed by atoms with Crippen LogP contribution in [0.15, 0.2) is 18.2 Å². The molecule has 1 aromatic carbocycles. The molecule has 0 aromatic heterocycles. The molecule has 1 fully saturated rings. The predicted molar refractivity (Wildman–Crippen MR) is 68.3 cm³/mol. The minimum absolute atomic E-state index is 0.249. The zero-order valence-corrected chi connectivity index (χ0v) is 11.1. The Morgan fingerprint density at radius 3 is 3.06 bits per heavy atom. The van der Waals surface area contributed by atoms with Crippen LogP contribution < -0.4 is 5.32 Å². The highest BCUT2D eigenvalue weighted by Gasteiger charge is 2.34. The predicted octanol–water partition coefficient (Wildman–Crippen LogP) is 2.37. The fourth-order valence-electron chi connectivity index (χ4n) is 2.06. The van der Waals surface area contributed by atoms with E-state index in [1.54, 1.807) is 19.2 Å². The summed E-state index contributed by atoms with van der Waals surface area (Å²) in [5.41, 5.74) is 0.280. The molecule has 2 rings (SSSR count). The van der Waals surface area contributed by atoms with Crippen molar-refractivity contribution in [3.8, 4) is 0 Å². The van der Waals surface area contributed by atoms with Crippen molar-refractivity contribution in [1.29, 1.82) is 0 Å². The number of benzene rings is 1. The maximum Gasteiger partial charge on any atom is 0.127 e. The second-order valence-corrected chi connectivity index (χ2v) is 4.97. The van der Waals surface area contributed by atoms with Crippen molar-refractivity contribution in [2.75, 3.05) is 26.9 Å². The first-order valence-electron chi connectivity index (χ1n) is 5.93. The van der Waals surface area contributed by atoms with Crippen LogP contribution in [-0.2, 0) is 16.0 Å². The third-order valence-corrected chi connectivity index (χ3v) is 3.51. The minimum Gasteiger partial charge on any atom is -0.378 e. The molecule has 1 saturated heterocycles. The van der Waals surface area contributed by atoms with Crippen LogP contribution in [0.5, 0.6) is 0 Å². The molecule has 3 nitrogen and oxygen atoms in total. The fraction of sp³-hybridized carbons (Fsp3) is 0.538. The van der Waals surface area contributed by atoms with Gasteiger partial charge >= 0.3 is 0 Å². The Bertz CT molecular complexity index is 408. The lowest BCUT2D eigenvalue weighted by atomic mass is 10.0. The topological polar surface area (TPSA) is 30.5 Å². The molecule has 0 radical (unpaired) electrons. The highest BCUT2D eigenvalue weighted by Crippen LogP contribution is 2.22. The molecular weight excluding hydrogens is 257 g/mol. The molecule has 1 aliphatic heterocycles. The van der Waals surface area contributed by atoms with Crippen molar-refractivity contribution >= 4 is 11.6 Å². The van der Waals surface area contributed by atoms with Gasteiger partial charge in [-0.25, -0.2) is 4.39 Å². The number of hydrogen-bond acceptors (Lipinski definition) is 3. The van der Waals surface area contributed by atoms with Gasteiger partial charge < -0.3 is 14.8 Å². The van der Waals surface area contributed by atoms with Gasteiger partial charge in [0.1, 0.15) is 11.4 Å². The molecule has 1 unspecified atom stereocenters. The Morgan fingerprint density at radius 1 is 1.56 bits per heavy atom. The maximum absolute atomic E-state index is 13.5. The van der Waals surface area contributed by atoms with Gasteiger partial charge in [0.15, 0.2) is 0 Å². The van der Waals surface area contributed by atoms with E-state index in [0.717, 1.165) is 6.42 Å². The Hall–Kier alpha value is -0.680. The van der Waals surface area contributed by atoms with Gasteiger partial charge in [-0.1, -0.05) is 11.6 Å². The minimum atomic E-state index is -0.283. The van der Waals surface area contributed by atoms with Gasteiger partial charge in [0.25, 0.3) is 0 Å². The second-order valence-electron chi connectivity index (χ2n) is 4.53. The standard InChI is InChI=1S/C13H17ClFNO2/c1-17-13(4-5-18-9-13)8-16-7-10-6-11(14)2-3-12(10)15/h2-3,6,16H,4-5,7-9H2,1H3. The molecule has 0 saturated carbocycles. The number of nitrogens with one attached hydrogen (secondary N) is 1. The summed E-state index contributed by atoms with van der Waals surface area (Å²) >= 11 is 5.84. The van der Waals surface area contributed by atoms with E-state index in [1.807, 2.05) is 0 Å². The average molecular weight is 274 g/mol. The number of methoxy groups -OCH3 is 1. The molecule has 1 N–H and O–H groups in total. The smallest absolute Gasteiger partial charge is 0.127 e. The second kappa shape index (κ2) is 5.97. The van der Waals surface area contributed by atoms with Crippen molar-refractivity contribution in [3.63, 3.8) is 0 Å². The largest absolute Gasteiger partial charge is 0.378 e. The molecule has 1 atom stereocenters. The van der Waals surface area contributed by atoms with E-state index in [-0.39, 0.29) is 11.4 Å². The Labute approximate surface area is 111 Å². The van der Waals surface area contributed by atoms with Crippen molar-refractivity contribution in [1.82, 2.24) is 5.32 Å². The third-order valence-electron chi connectivity index (χ3n) is 3.27. The molecule has 18 heavy (non-hydrogen) atoms. The summed E-state index contributed by atoms with van der Waals surface area (Å²) in [4.78, 5) is 0. The molecule has 1 aliphatic rings. The molecule has 0 bridgehead atoms. The van der Waals surface area contributed by atoms with E-state index in [0.29, 0.717) is 36.9 Å². The Kier molecular flexibility index (Phi) is 4.56. The quantitative estimate of drug-likeness (QED) is 0.893. The summed E-state index contributed by atoms with van der Waals surface area (Å²) < 4.78 is 24.3. The van der Waals surface area contributed by atoms with E-state index in [4.69, 9.17) is 21.1 Å². The molecule has 1 aromatic rings. The van der Waals surface area contributed by atoms with E-state index < -0.39 is 0 Å². The molecule has 0 amide bonds. The normalized spacial score (nSPS) is 23.5. The summed E-state index contributed by atoms with van der Waals surface area (Å²) in [7, 11) is 1.68. The SMILES string of the molecule is COC1(CNCc2cc(Cl)ccc2F)CCOC1. The fourth-order valence-corrected chi connectivity index (χ4v) is 2.26. The van der Waals surface area contributed by atoms with Crippen LogP contribution in [0, 0.1) is 5.82 Å². The van der Waals surface area contributed by atoms with E-state index in [1.165, 1.54) is 6.07 Å². The van der Waals surface area contributed by atoms with Crippen LogP contribution in [-0.4, -0.2) is 32.5 Å². The van der Waals surface area contributed by atoms with E-state index >= 15 is 0 Å². The first-order valence-corrected chi connectivity index (χ1v) is 6.31. The first-order chi connectivity index (χ1) is 8.65. The lowest BCUT2D eigenvalue weighted by molar-refractivity contribution is -0.0159. The number of hydrogen-bond donors (Lipinski definition) is 1. The van der Waals surface area contributed by atoms with Crippen LogP contribution in [0.25, 0.3) is 0 Å². The summed E-state index contributed by atoms with van der Waals surface area (Å²) in [6.07, 6.45) is 0.856. The van der Waals surface area contributed by atoms with Gasteiger partial charge in [0.05, 0.1) is 6.61 Å². The van der Waals surface area contributed by atoms with Crippen molar-refractivity contribution < 1.29 is 13.9 Å². The van der Waals surface area contributed by atoms with Crippen LogP contribution in [0.2, 0.25) is 5.02 Å². The first kappa shape index (κ1) is 13.7. The average Bonchev–Trinajstić information content (AvgIpc) is 2.83. The maximum atomic E-state index is 13.5. The number of rotatable bonds is 5. The number of halogens is 2. The Morgan fingerprint density at radius 2 is 2.39 bits per heavy atom. The molecule has 5 heteroatoms. The summed E-state index contributed by atoms with van der Waals surface area (Å²) in [6, 6.07) is 4.56. The zero-order valence-electron chi connectivity index (χ0n) is 10.3. The van der Waals surface area contributed by atoms with Gasteiger partial charge in [-0.15, -0.1) is 0 Å². The van der Waals surface area contributed by atoms with Gasteiger partial charge in [0, 0.05) is 43.8 Å². The van der Waals surface area contributed by atoms with Gasteiger partial charge in [-0.3, -0.25) is 0 Å². The lowest BCUT2D eigenvalue weighted by Crippen LogP contribution is -2.42. The van der Waals surface area contributed by atoms with Crippen LogP contribution >= 0.6 is 11.6 Å². The van der Waals surface area contributed by atoms with E-state index in [9.17, 15) is 4.39 Å². The molecule has 100 valence electrons. The summed E-state index contributed by atoms with van der Waals surface area (Å²) in [5, 5.41) is 3.74. The van der Waals surface area contributed by atoms with Gasteiger partial charge in [-0.2, -0.15) is 0 Å². The highest BCUT2D eigenvalue weighted by atomic mass is 35.5. The van der Waals surface area contributed by atoms with Gasteiger partial charge in [0.2, 0.25) is 0 Å². The lowest BCUT2D eigenvalue weighted by Gasteiger charge is -2.26. The number of ether oxygens (including phenoxy) is 2. The van der Waals surface area contributed by atoms with Crippen LogP contribution in [0.1, 0.15) is 12.0 Å². The zero-order chi connectivity index (χ0) is 13.0. The van der Waals surface area contributed by atoms with Crippen molar-refractivity contribution in [2.45, 2.75) is 18.6 Å². The highest BCUT2D eigenvalue weighted by molar-refractivity contribution is 6.30.